The summed E-state index contributed by atoms with van der Waals surface area (Å²) in [4.78, 5) is 4.56. The first-order valence-corrected chi connectivity index (χ1v) is 10.1. The van der Waals surface area contributed by atoms with Crippen molar-refractivity contribution in [2.45, 2.75) is 11.3 Å². The monoisotopic (exact) mass is 420 g/mol. The van der Waals surface area contributed by atoms with E-state index in [0.717, 1.165) is 15.4 Å². The molecule has 0 bridgehead atoms. The zero-order valence-corrected chi connectivity index (χ0v) is 15.8. The van der Waals surface area contributed by atoms with E-state index < -0.39 is 10.0 Å². The van der Waals surface area contributed by atoms with E-state index in [1.54, 1.807) is 30.5 Å². The number of pyridine rings is 1. The molecule has 0 radical (unpaired) electrons. The van der Waals surface area contributed by atoms with Gasteiger partial charge in [0, 0.05) is 22.6 Å². The van der Waals surface area contributed by atoms with Crippen molar-refractivity contribution in [3.63, 3.8) is 0 Å². The van der Waals surface area contributed by atoms with Crippen molar-refractivity contribution in [2.75, 3.05) is 13.2 Å². The Morgan fingerprint density at radius 2 is 1.88 bits per heavy atom. The Hall–Kier alpha value is -1.96. The molecule has 0 amide bonds. The van der Waals surface area contributed by atoms with Gasteiger partial charge in [-0.15, -0.1) is 0 Å². The summed E-state index contributed by atoms with van der Waals surface area (Å²) in [7, 11) is -3.51. The summed E-state index contributed by atoms with van der Waals surface area (Å²) in [5.74, 6) is 0.702. The first-order chi connectivity index (χ1) is 12.1. The van der Waals surface area contributed by atoms with Gasteiger partial charge in [-0.05, 0) is 36.8 Å². The van der Waals surface area contributed by atoms with Gasteiger partial charge in [-0.3, -0.25) is 4.98 Å². The number of hydrogen-bond acceptors (Lipinski definition) is 4. The van der Waals surface area contributed by atoms with Crippen molar-refractivity contribution in [1.82, 2.24) is 9.71 Å². The van der Waals surface area contributed by atoms with E-state index in [9.17, 15) is 8.42 Å². The SMILES string of the molecule is O=S(=O)(NCCCOc1cccc2cccnc12)c1cccc(Br)c1. The Labute approximate surface area is 155 Å². The van der Waals surface area contributed by atoms with Crippen molar-refractivity contribution in [1.29, 1.82) is 0 Å². The van der Waals surface area contributed by atoms with Gasteiger partial charge in [0.15, 0.2) is 0 Å². The van der Waals surface area contributed by atoms with E-state index in [2.05, 4.69) is 25.6 Å². The van der Waals surface area contributed by atoms with E-state index >= 15 is 0 Å². The fraction of sp³-hybridized carbons (Fsp3) is 0.167. The second-order valence-corrected chi connectivity index (χ2v) is 8.07. The second kappa shape index (κ2) is 7.95. The summed E-state index contributed by atoms with van der Waals surface area (Å²) in [6, 6.07) is 16.2. The highest BCUT2D eigenvalue weighted by molar-refractivity contribution is 9.10. The quantitative estimate of drug-likeness (QED) is 0.591. The lowest BCUT2D eigenvalue weighted by Gasteiger charge is -2.10. The van der Waals surface area contributed by atoms with Crippen LogP contribution in [0.4, 0.5) is 0 Å². The highest BCUT2D eigenvalue weighted by Gasteiger charge is 2.13. The minimum absolute atomic E-state index is 0.237. The molecule has 3 aromatic rings. The van der Waals surface area contributed by atoms with Crippen LogP contribution in [0.2, 0.25) is 0 Å². The number of halogens is 1. The first-order valence-electron chi connectivity index (χ1n) is 7.78. The normalized spacial score (nSPS) is 11.6. The van der Waals surface area contributed by atoms with Gasteiger partial charge in [0.2, 0.25) is 10.0 Å². The molecule has 7 heteroatoms. The maximum Gasteiger partial charge on any atom is 0.240 e. The number of para-hydroxylation sites is 1. The van der Waals surface area contributed by atoms with Crippen molar-refractivity contribution < 1.29 is 13.2 Å². The van der Waals surface area contributed by atoms with E-state index in [1.807, 2.05) is 30.3 Å². The molecule has 0 unspecified atom stereocenters. The molecule has 0 aliphatic carbocycles. The smallest absolute Gasteiger partial charge is 0.240 e. The molecule has 0 saturated carbocycles. The summed E-state index contributed by atoms with van der Waals surface area (Å²) in [6.45, 7) is 0.698. The van der Waals surface area contributed by atoms with Crippen LogP contribution in [-0.4, -0.2) is 26.6 Å². The molecule has 3 rings (SSSR count). The van der Waals surface area contributed by atoms with Gasteiger partial charge in [-0.25, -0.2) is 13.1 Å². The number of nitrogens with zero attached hydrogens (tertiary/aromatic N) is 1. The predicted molar refractivity (Wildman–Crippen MR) is 101 cm³/mol. The molecule has 0 fully saturated rings. The molecule has 0 spiro atoms. The average Bonchev–Trinajstić information content (AvgIpc) is 2.61. The number of aromatic nitrogens is 1. The number of hydrogen-bond donors (Lipinski definition) is 1. The largest absolute Gasteiger partial charge is 0.491 e. The minimum Gasteiger partial charge on any atom is -0.491 e. The third kappa shape index (κ3) is 4.56. The molecule has 0 aliphatic rings. The van der Waals surface area contributed by atoms with Crippen LogP contribution in [0.3, 0.4) is 0 Å². The fourth-order valence-corrected chi connectivity index (χ4v) is 4.04. The van der Waals surface area contributed by atoms with Crippen molar-refractivity contribution >= 4 is 36.9 Å². The zero-order valence-electron chi connectivity index (χ0n) is 13.4. The average molecular weight is 421 g/mol. The number of benzene rings is 2. The molecule has 130 valence electrons. The summed E-state index contributed by atoms with van der Waals surface area (Å²) in [6.07, 6.45) is 2.28. The third-order valence-electron chi connectivity index (χ3n) is 3.57. The zero-order chi connectivity index (χ0) is 17.7. The first kappa shape index (κ1) is 17.8. The fourth-order valence-electron chi connectivity index (χ4n) is 2.37. The molecule has 1 N–H and O–H groups in total. The van der Waals surface area contributed by atoms with Crippen LogP contribution in [0.5, 0.6) is 5.75 Å². The van der Waals surface area contributed by atoms with Gasteiger partial charge < -0.3 is 4.74 Å². The number of sulfonamides is 1. The lowest BCUT2D eigenvalue weighted by atomic mass is 10.2. The van der Waals surface area contributed by atoms with E-state index in [1.165, 1.54) is 0 Å². The van der Waals surface area contributed by atoms with Crippen LogP contribution < -0.4 is 9.46 Å². The predicted octanol–water partition coefficient (Wildman–Crippen LogP) is 3.74. The van der Waals surface area contributed by atoms with Crippen molar-refractivity contribution in [2.24, 2.45) is 0 Å². The van der Waals surface area contributed by atoms with E-state index in [-0.39, 0.29) is 4.90 Å². The molecule has 0 saturated heterocycles. The molecular weight excluding hydrogens is 404 g/mol. The standard InChI is InChI=1S/C18H17BrN2O3S/c19-15-7-2-8-16(13-15)25(22,23)21-11-4-12-24-17-9-1-5-14-6-3-10-20-18(14)17/h1-3,5-10,13,21H,4,11-12H2. The summed E-state index contributed by atoms with van der Waals surface area (Å²) < 4.78 is 33.5. The maximum atomic E-state index is 12.2. The van der Waals surface area contributed by atoms with Gasteiger partial charge in [-0.2, -0.15) is 0 Å². The van der Waals surface area contributed by atoms with Gasteiger partial charge in [0.05, 0.1) is 11.5 Å². The molecule has 0 atom stereocenters. The van der Waals surface area contributed by atoms with Crippen LogP contribution in [0.15, 0.2) is 70.2 Å². The van der Waals surface area contributed by atoms with Gasteiger partial charge >= 0.3 is 0 Å². The Kier molecular flexibility index (Phi) is 5.67. The van der Waals surface area contributed by atoms with Gasteiger partial charge in [0.25, 0.3) is 0 Å². The molecule has 5 nitrogen and oxygen atoms in total. The van der Waals surface area contributed by atoms with Crippen LogP contribution in [0.1, 0.15) is 6.42 Å². The Morgan fingerprint density at radius 3 is 2.72 bits per heavy atom. The Bertz CT molecular complexity index is 971. The van der Waals surface area contributed by atoms with Gasteiger partial charge in [0.1, 0.15) is 11.3 Å². The van der Waals surface area contributed by atoms with Crippen LogP contribution in [0.25, 0.3) is 10.9 Å². The molecule has 2 aromatic carbocycles. The number of ether oxygens (including phenoxy) is 1. The van der Waals surface area contributed by atoms with Crippen molar-refractivity contribution in [3.8, 4) is 5.75 Å². The highest BCUT2D eigenvalue weighted by atomic mass is 79.9. The maximum absolute atomic E-state index is 12.2. The summed E-state index contributed by atoms with van der Waals surface area (Å²) in [5, 5.41) is 1.01. The van der Waals surface area contributed by atoms with Crippen molar-refractivity contribution in [3.05, 3.63) is 65.3 Å². The third-order valence-corrected chi connectivity index (χ3v) is 5.52. The summed E-state index contributed by atoms with van der Waals surface area (Å²) >= 11 is 3.28. The van der Waals surface area contributed by atoms with E-state index in [0.29, 0.717) is 25.3 Å². The molecule has 1 aromatic heterocycles. The molecular formula is C18H17BrN2O3S. The molecule has 0 aliphatic heterocycles. The lowest BCUT2D eigenvalue weighted by molar-refractivity contribution is 0.314. The lowest BCUT2D eigenvalue weighted by Crippen LogP contribution is -2.25. The second-order valence-electron chi connectivity index (χ2n) is 5.39. The topological polar surface area (TPSA) is 68.3 Å². The Balaban J connectivity index is 1.53. The van der Waals surface area contributed by atoms with Gasteiger partial charge in [-0.1, -0.05) is 40.2 Å². The van der Waals surface area contributed by atoms with E-state index in [4.69, 9.17) is 4.74 Å². The molecule has 1 heterocycles. The van der Waals surface area contributed by atoms with Crippen LogP contribution >= 0.6 is 15.9 Å². The molecule has 25 heavy (non-hydrogen) atoms. The Morgan fingerprint density at radius 1 is 1.08 bits per heavy atom. The van der Waals surface area contributed by atoms with Crippen LogP contribution in [0, 0.1) is 0 Å². The number of fused-ring (bicyclic) bond motifs is 1. The number of nitrogens with one attached hydrogen (secondary N) is 1. The number of rotatable bonds is 7. The van der Waals surface area contributed by atoms with Crippen LogP contribution in [-0.2, 0) is 10.0 Å². The highest BCUT2D eigenvalue weighted by Crippen LogP contribution is 2.23. The minimum atomic E-state index is -3.51. The summed E-state index contributed by atoms with van der Waals surface area (Å²) in [5.41, 5.74) is 0.805.